The molecule has 1 amide bonds. The van der Waals surface area contributed by atoms with Crippen LogP contribution in [0.4, 0.5) is 5.69 Å². The number of quaternary nitrogens is 1. The van der Waals surface area contributed by atoms with Gasteiger partial charge in [0.25, 0.3) is 0 Å². The van der Waals surface area contributed by atoms with Crippen molar-refractivity contribution in [2.45, 2.75) is 36.7 Å². The van der Waals surface area contributed by atoms with E-state index in [0.29, 0.717) is 12.5 Å². The Morgan fingerprint density at radius 1 is 1.28 bits per heavy atom. The number of benzene rings is 2. The summed E-state index contributed by atoms with van der Waals surface area (Å²) < 4.78 is 5.13. The van der Waals surface area contributed by atoms with Crippen LogP contribution in [0.15, 0.2) is 53.4 Å². The van der Waals surface area contributed by atoms with Gasteiger partial charge in [-0.15, -0.1) is 11.8 Å². The molecule has 2 atom stereocenters. The van der Waals surface area contributed by atoms with E-state index in [1.54, 1.807) is 7.11 Å². The first-order chi connectivity index (χ1) is 12.2. The molecule has 4 nitrogen and oxygen atoms in total. The molecule has 2 aromatic rings. The highest BCUT2D eigenvalue weighted by Gasteiger charge is 2.25. The fraction of sp³-hybridized carbons (Fsp3) is 0.350. The van der Waals surface area contributed by atoms with Crippen LogP contribution >= 0.6 is 11.8 Å². The van der Waals surface area contributed by atoms with Crippen LogP contribution < -0.4 is 15.4 Å². The Hall–Kier alpha value is -1.98. The topological polar surface area (TPSA) is 54.9 Å². The number of nitrogens with one attached hydrogen (secondary N) is 1. The van der Waals surface area contributed by atoms with E-state index in [1.165, 1.54) is 10.5 Å². The normalized spacial score (nSPS) is 17.4. The Bertz CT molecular complexity index is 718. The van der Waals surface area contributed by atoms with Gasteiger partial charge < -0.3 is 15.4 Å². The van der Waals surface area contributed by atoms with Crippen LogP contribution in [0.2, 0.25) is 0 Å². The number of carbonyl (C=O) groups excluding carboxylic acids is 1. The third kappa shape index (κ3) is 4.77. The molecule has 1 aliphatic rings. The molecule has 0 aliphatic carbocycles. The molecule has 0 unspecified atom stereocenters. The Labute approximate surface area is 153 Å². The van der Waals surface area contributed by atoms with Crippen molar-refractivity contribution in [2.24, 2.45) is 0 Å². The molecule has 0 bridgehead atoms. The molecule has 5 heteroatoms. The lowest BCUT2D eigenvalue weighted by Gasteiger charge is -2.25. The largest absolute Gasteiger partial charge is 0.497 e. The summed E-state index contributed by atoms with van der Waals surface area (Å²) in [7, 11) is 1.63. The number of rotatable bonds is 6. The summed E-state index contributed by atoms with van der Waals surface area (Å²) in [6, 6.07) is 16.7. The second kappa shape index (κ2) is 8.41. The van der Waals surface area contributed by atoms with Crippen molar-refractivity contribution >= 4 is 23.4 Å². The highest BCUT2D eigenvalue weighted by atomic mass is 32.2. The fourth-order valence-electron chi connectivity index (χ4n) is 3.21. The minimum atomic E-state index is 0.0485. The first-order valence-electron chi connectivity index (χ1n) is 8.66. The van der Waals surface area contributed by atoms with Gasteiger partial charge in [0.2, 0.25) is 5.91 Å². The molecule has 0 radical (unpaired) electrons. The van der Waals surface area contributed by atoms with Crippen molar-refractivity contribution < 1.29 is 14.8 Å². The van der Waals surface area contributed by atoms with Crippen LogP contribution in [0.5, 0.6) is 5.75 Å². The van der Waals surface area contributed by atoms with Gasteiger partial charge in [0, 0.05) is 28.3 Å². The molecule has 0 aromatic heterocycles. The van der Waals surface area contributed by atoms with Crippen molar-refractivity contribution in [3.05, 3.63) is 54.1 Å². The number of carbonyl (C=O) groups is 1. The lowest BCUT2D eigenvalue weighted by Crippen LogP contribution is -2.90. The Balaban J connectivity index is 1.53. The van der Waals surface area contributed by atoms with Gasteiger partial charge >= 0.3 is 0 Å². The minimum Gasteiger partial charge on any atom is -0.497 e. The predicted octanol–water partition coefficient (Wildman–Crippen LogP) is 3.21. The van der Waals surface area contributed by atoms with Crippen molar-refractivity contribution in [1.29, 1.82) is 0 Å². The first-order valence-corrected chi connectivity index (χ1v) is 9.65. The quantitative estimate of drug-likeness (QED) is 0.835. The second-order valence-corrected chi connectivity index (χ2v) is 7.57. The molecule has 0 spiro atoms. The van der Waals surface area contributed by atoms with Crippen LogP contribution in [0, 0.1) is 0 Å². The third-order valence-electron chi connectivity index (χ3n) is 4.45. The average molecular weight is 357 g/mol. The maximum Gasteiger partial charge on any atom is 0.230 e. The minimum absolute atomic E-state index is 0.0485. The number of amides is 1. The number of nitrogens with two attached hydrogens (primary N) is 1. The first kappa shape index (κ1) is 17.8. The lowest BCUT2D eigenvalue weighted by molar-refractivity contribution is -0.724. The zero-order valence-electron chi connectivity index (χ0n) is 14.7. The van der Waals surface area contributed by atoms with Gasteiger partial charge in [-0.2, -0.15) is 0 Å². The molecule has 0 fully saturated rings. The van der Waals surface area contributed by atoms with E-state index >= 15 is 0 Å². The summed E-state index contributed by atoms with van der Waals surface area (Å²) in [5, 5.41) is 5.30. The van der Waals surface area contributed by atoms with Crippen molar-refractivity contribution in [1.82, 2.24) is 0 Å². The second-order valence-electron chi connectivity index (χ2n) is 6.43. The van der Waals surface area contributed by atoms with Crippen LogP contribution in [0.25, 0.3) is 0 Å². The number of fused-ring (bicyclic) bond motifs is 1. The van der Waals surface area contributed by atoms with Crippen molar-refractivity contribution in [3.8, 4) is 5.75 Å². The van der Waals surface area contributed by atoms with E-state index in [2.05, 4.69) is 41.8 Å². The highest BCUT2D eigenvalue weighted by molar-refractivity contribution is 7.99. The Morgan fingerprint density at radius 2 is 2.04 bits per heavy atom. The van der Waals surface area contributed by atoms with Gasteiger partial charge in [-0.05, 0) is 37.3 Å². The number of anilines is 1. The lowest BCUT2D eigenvalue weighted by atomic mass is 10.0. The molecule has 3 rings (SSSR count). The fourth-order valence-corrected chi connectivity index (χ4v) is 4.37. The number of ether oxygens (including phenoxy) is 1. The van der Waals surface area contributed by atoms with Gasteiger partial charge in [-0.3, -0.25) is 4.79 Å². The highest BCUT2D eigenvalue weighted by Crippen LogP contribution is 2.33. The van der Waals surface area contributed by atoms with Crippen LogP contribution in [-0.2, 0) is 4.79 Å². The molecule has 25 heavy (non-hydrogen) atoms. The number of thioether (sulfide) groups is 1. The SMILES string of the molecule is COc1ccc(NC(=O)C[C@@H](C)[NH2+][C@@H]2CCSc3ccccc32)cc1. The van der Waals surface area contributed by atoms with Crippen LogP contribution in [0.1, 0.15) is 31.4 Å². The summed E-state index contributed by atoms with van der Waals surface area (Å²) in [6.45, 7) is 2.12. The van der Waals surface area contributed by atoms with E-state index in [-0.39, 0.29) is 11.9 Å². The van der Waals surface area contributed by atoms with Crippen LogP contribution in [-0.4, -0.2) is 24.8 Å². The summed E-state index contributed by atoms with van der Waals surface area (Å²) in [5.74, 6) is 1.98. The summed E-state index contributed by atoms with van der Waals surface area (Å²) >= 11 is 1.93. The predicted molar refractivity (Wildman–Crippen MR) is 102 cm³/mol. The Morgan fingerprint density at radius 3 is 2.80 bits per heavy atom. The van der Waals surface area contributed by atoms with Gasteiger partial charge in [-0.1, -0.05) is 18.2 Å². The average Bonchev–Trinajstić information content (AvgIpc) is 2.62. The maximum absolute atomic E-state index is 12.3. The van der Waals surface area contributed by atoms with Gasteiger partial charge in [0.1, 0.15) is 11.8 Å². The van der Waals surface area contributed by atoms with E-state index in [1.807, 2.05) is 36.0 Å². The standard InChI is InChI=1S/C20H24N2O2S/c1-14(13-20(23)22-15-7-9-16(24-2)10-8-15)21-18-11-12-25-19-6-4-3-5-17(18)19/h3-10,14,18,21H,11-13H2,1-2H3,(H,22,23)/p+1/t14-,18-/m1/s1. The molecule has 132 valence electrons. The van der Waals surface area contributed by atoms with Crippen molar-refractivity contribution in [2.75, 3.05) is 18.2 Å². The maximum atomic E-state index is 12.3. The number of methoxy groups -OCH3 is 1. The summed E-state index contributed by atoms with van der Waals surface area (Å²) in [5.41, 5.74) is 2.21. The monoisotopic (exact) mass is 357 g/mol. The molecule has 0 saturated heterocycles. The molecular formula is C20H25N2O2S+. The number of hydrogen-bond acceptors (Lipinski definition) is 3. The molecule has 3 N–H and O–H groups in total. The summed E-state index contributed by atoms with van der Waals surface area (Å²) in [4.78, 5) is 13.7. The molecule has 1 aliphatic heterocycles. The molecule has 1 heterocycles. The molecule has 0 saturated carbocycles. The van der Waals surface area contributed by atoms with E-state index in [4.69, 9.17) is 4.74 Å². The smallest absolute Gasteiger partial charge is 0.230 e. The third-order valence-corrected chi connectivity index (χ3v) is 5.57. The van der Waals surface area contributed by atoms with Crippen molar-refractivity contribution in [3.63, 3.8) is 0 Å². The van der Waals surface area contributed by atoms with Gasteiger partial charge in [0.05, 0.1) is 19.6 Å². The van der Waals surface area contributed by atoms with E-state index in [0.717, 1.165) is 23.6 Å². The van der Waals surface area contributed by atoms with Gasteiger partial charge in [-0.25, -0.2) is 0 Å². The zero-order valence-corrected chi connectivity index (χ0v) is 15.5. The van der Waals surface area contributed by atoms with Crippen LogP contribution in [0.3, 0.4) is 0 Å². The van der Waals surface area contributed by atoms with E-state index in [9.17, 15) is 4.79 Å². The number of hydrogen-bond donors (Lipinski definition) is 2. The van der Waals surface area contributed by atoms with Gasteiger partial charge in [0.15, 0.2) is 0 Å². The molecular weight excluding hydrogens is 332 g/mol. The summed E-state index contributed by atoms with van der Waals surface area (Å²) in [6.07, 6.45) is 1.64. The zero-order chi connectivity index (χ0) is 17.6. The van der Waals surface area contributed by atoms with E-state index < -0.39 is 0 Å². The Kier molecular flexibility index (Phi) is 6.00. The molecule has 2 aromatic carbocycles.